The Morgan fingerprint density at radius 1 is 1.45 bits per heavy atom. The Kier molecular flexibility index (Phi) is 3.54. The van der Waals surface area contributed by atoms with E-state index in [9.17, 15) is 19.1 Å². The average molecular weight is 306 g/mol. The van der Waals surface area contributed by atoms with Gasteiger partial charge in [-0.2, -0.15) is 0 Å². The molecule has 1 fully saturated rings. The summed E-state index contributed by atoms with van der Waals surface area (Å²) in [5, 5.41) is 12.2. The normalized spacial score (nSPS) is 26.8. The van der Waals surface area contributed by atoms with E-state index in [1.165, 1.54) is 12.1 Å². The highest BCUT2D eigenvalue weighted by Gasteiger charge is 2.42. The van der Waals surface area contributed by atoms with Crippen LogP contribution >= 0.6 is 0 Å². The van der Waals surface area contributed by atoms with Crippen molar-refractivity contribution in [3.8, 4) is 0 Å². The largest absolute Gasteiger partial charge is 0.481 e. The Balaban J connectivity index is 1.66. The van der Waals surface area contributed by atoms with Crippen LogP contribution in [-0.4, -0.2) is 35.1 Å². The van der Waals surface area contributed by atoms with Crippen LogP contribution in [0, 0.1) is 11.2 Å². The first-order valence-electron chi connectivity index (χ1n) is 7.46. The van der Waals surface area contributed by atoms with Crippen LogP contribution in [0.2, 0.25) is 0 Å². The van der Waals surface area contributed by atoms with Crippen molar-refractivity contribution in [3.63, 3.8) is 0 Å². The van der Waals surface area contributed by atoms with Gasteiger partial charge in [-0.3, -0.25) is 4.79 Å². The number of amides is 2. The Hall–Kier alpha value is -2.11. The second kappa shape index (κ2) is 5.26. The molecule has 0 bridgehead atoms. The van der Waals surface area contributed by atoms with Crippen molar-refractivity contribution in [2.24, 2.45) is 5.41 Å². The van der Waals surface area contributed by atoms with Gasteiger partial charge in [-0.05, 0) is 49.4 Å². The van der Waals surface area contributed by atoms with E-state index in [0.717, 1.165) is 24.0 Å². The summed E-state index contributed by atoms with van der Waals surface area (Å²) >= 11 is 0. The zero-order valence-electron chi connectivity index (χ0n) is 12.4. The van der Waals surface area contributed by atoms with Crippen LogP contribution in [0.15, 0.2) is 18.2 Å². The molecule has 1 aromatic rings. The van der Waals surface area contributed by atoms with Crippen LogP contribution in [0.25, 0.3) is 0 Å². The van der Waals surface area contributed by atoms with Gasteiger partial charge in [-0.15, -0.1) is 0 Å². The molecule has 22 heavy (non-hydrogen) atoms. The Bertz CT molecular complexity index is 634. The third-order valence-corrected chi connectivity index (χ3v) is 4.76. The summed E-state index contributed by atoms with van der Waals surface area (Å²) in [6.45, 7) is 2.32. The number of nitrogens with zero attached hydrogens (tertiary/aromatic N) is 1. The van der Waals surface area contributed by atoms with E-state index in [1.807, 2.05) is 0 Å². The monoisotopic (exact) mass is 306 g/mol. The molecule has 0 aromatic heterocycles. The number of aliphatic carboxylic acids is 1. The van der Waals surface area contributed by atoms with Crippen molar-refractivity contribution in [2.45, 2.75) is 32.2 Å². The van der Waals surface area contributed by atoms with Crippen molar-refractivity contribution in [2.75, 3.05) is 13.1 Å². The number of carbonyl (C=O) groups is 2. The number of likely N-dealkylation sites (tertiary alicyclic amines) is 1. The standard InChI is InChI=1S/C16H19FN2O3/c1-16(14(20)21)6-7-19(9-16)15(22)18-13-5-2-10-8-11(17)3-4-12(10)13/h3-4,8,13H,2,5-7,9H2,1H3,(H,18,22)(H,20,21). The van der Waals surface area contributed by atoms with E-state index >= 15 is 0 Å². The molecule has 3 rings (SSSR count). The Labute approximate surface area is 128 Å². The predicted molar refractivity (Wildman–Crippen MR) is 77.9 cm³/mol. The third-order valence-electron chi connectivity index (χ3n) is 4.76. The minimum atomic E-state index is -0.871. The number of carboxylic acid groups (broad SMARTS) is 1. The molecule has 6 heteroatoms. The van der Waals surface area contributed by atoms with Crippen molar-refractivity contribution in [3.05, 3.63) is 35.1 Å². The lowest BCUT2D eigenvalue weighted by atomic mass is 9.90. The lowest BCUT2D eigenvalue weighted by molar-refractivity contribution is -0.147. The fraction of sp³-hybridized carbons (Fsp3) is 0.500. The number of nitrogens with one attached hydrogen (secondary N) is 1. The molecular weight excluding hydrogens is 287 g/mol. The van der Waals surface area contributed by atoms with Gasteiger partial charge in [0.15, 0.2) is 0 Å². The summed E-state index contributed by atoms with van der Waals surface area (Å²) in [4.78, 5) is 25.1. The van der Waals surface area contributed by atoms with Crippen LogP contribution in [0.5, 0.6) is 0 Å². The van der Waals surface area contributed by atoms with E-state index in [0.29, 0.717) is 13.0 Å². The van der Waals surface area contributed by atoms with Crippen LogP contribution < -0.4 is 5.32 Å². The first-order valence-corrected chi connectivity index (χ1v) is 7.46. The second-order valence-corrected chi connectivity index (χ2v) is 6.42. The molecule has 1 heterocycles. The van der Waals surface area contributed by atoms with Gasteiger partial charge in [0, 0.05) is 13.1 Å². The number of benzene rings is 1. The van der Waals surface area contributed by atoms with Crippen LogP contribution in [0.4, 0.5) is 9.18 Å². The molecule has 5 nitrogen and oxygen atoms in total. The highest BCUT2D eigenvalue weighted by molar-refractivity contribution is 5.79. The maximum Gasteiger partial charge on any atom is 0.317 e. The third kappa shape index (κ3) is 2.53. The molecule has 2 amide bonds. The van der Waals surface area contributed by atoms with Crippen molar-refractivity contribution in [1.29, 1.82) is 0 Å². The summed E-state index contributed by atoms with van der Waals surface area (Å²) < 4.78 is 13.2. The second-order valence-electron chi connectivity index (χ2n) is 6.42. The van der Waals surface area contributed by atoms with Gasteiger partial charge in [0.2, 0.25) is 0 Å². The number of rotatable bonds is 2. The van der Waals surface area contributed by atoms with Crippen molar-refractivity contribution >= 4 is 12.0 Å². The molecule has 2 aliphatic rings. The number of urea groups is 1. The molecule has 1 aliphatic carbocycles. The maximum absolute atomic E-state index is 13.2. The Morgan fingerprint density at radius 2 is 2.23 bits per heavy atom. The molecule has 0 saturated carbocycles. The summed E-state index contributed by atoms with van der Waals surface area (Å²) in [7, 11) is 0. The topological polar surface area (TPSA) is 69.6 Å². The molecule has 1 aliphatic heterocycles. The van der Waals surface area contributed by atoms with Gasteiger partial charge >= 0.3 is 12.0 Å². The minimum Gasteiger partial charge on any atom is -0.481 e. The van der Waals surface area contributed by atoms with Crippen LogP contribution in [0.3, 0.4) is 0 Å². The summed E-state index contributed by atoms with van der Waals surface area (Å²) in [6.07, 6.45) is 1.95. The first-order chi connectivity index (χ1) is 10.4. The van der Waals surface area contributed by atoms with Gasteiger partial charge in [0.25, 0.3) is 0 Å². The quantitative estimate of drug-likeness (QED) is 0.881. The van der Waals surface area contributed by atoms with E-state index in [4.69, 9.17) is 0 Å². The van der Waals surface area contributed by atoms with Gasteiger partial charge < -0.3 is 15.3 Å². The number of hydrogen-bond donors (Lipinski definition) is 2. The number of carboxylic acids is 1. The average Bonchev–Trinajstić information content (AvgIpc) is 3.04. The van der Waals surface area contributed by atoms with Crippen LogP contribution in [0.1, 0.15) is 36.9 Å². The highest BCUT2D eigenvalue weighted by atomic mass is 19.1. The number of hydrogen-bond acceptors (Lipinski definition) is 2. The molecule has 2 unspecified atom stereocenters. The van der Waals surface area contributed by atoms with Crippen LogP contribution in [-0.2, 0) is 11.2 Å². The highest BCUT2D eigenvalue weighted by Crippen LogP contribution is 2.33. The number of fused-ring (bicyclic) bond motifs is 1. The first kappa shape index (κ1) is 14.8. The lowest BCUT2D eigenvalue weighted by Crippen LogP contribution is -2.42. The van der Waals surface area contributed by atoms with E-state index < -0.39 is 11.4 Å². The zero-order valence-corrected chi connectivity index (χ0v) is 12.4. The summed E-state index contributed by atoms with van der Waals surface area (Å²) in [6, 6.07) is 4.26. The zero-order chi connectivity index (χ0) is 15.9. The fourth-order valence-electron chi connectivity index (χ4n) is 3.29. The maximum atomic E-state index is 13.2. The van der Waals surface area contributed by atoms with Gasteiger partial charge in [-0.1, -0.05) is 6.07 Å². The molecule has 0 radical (unpaired) electrons. The van der Waals surface area contributed by atoms with Crippen molar-refractivity contribution < 1.29 is 19.1 Å². The minimum absolute atomic E-state index is 0.125. The summed E-state index contributed by atoms with van der Waals surface area (Å²) in [5.41, 5.74) is 1.02. The molecule has 1 aromatic carbocycles. The van der Waals surface area contributed by atoms with Gasteiger partial charge in [0.1, 0.15) is 5.82 Å². The summed E-state index contributed by atoms with van der Waals surface area (Å²) in [5.74, 6) is -1.13. The van der Waals surface area contributed by atoms with E-state index in [1.54, 1.807) is 17.9 Å². The molecular formula is C16H19FN2O3. The fourth-order valence-corrected chi connectivity index (χ4v) is 3.29. The van der Waals surface area contributed by atoms with E-state index in [-0.39, 0.29) is 24.4 Å². The number of halogens is 1. The SMILES string of the molecule is CC1(C(=O)O)CCN(C(=O)NC2CCc3cc(F)ccc32)C1. The number of aryl methyl sites for hydroxylation is 1. The van der Waals surface area contributed by atoms with Crippen molar-refractivity contribution in [1.82, 2.24) is 10.2 Å². The Morgan fingerprint density at radius 3 is 2.91 bits per heavy atom. The smallest absolute Gasteiger partial charge is 0.317 e. The van der Waals surface area contributed by atoms with Gasteiger partial charge in [0.05, 0.1) is 11.5 Å². The van der Waals surface area contributed by atoms with Gasteiger partial charge in [-0.25, -0.2) is 9.18 Å². The predicted octanol–water partition coefficient (Wildman–Crippen LogP) is 2.32. The molecule has 0 spiro atoms. The molecule has 118 valence electrons. The van der Waals surface area contributed by atoms with E-state index in [2.05, 4.69) is 5.32 Å². The molecule has 2 N–H and O–H groups in total. The lowest BCUT2D eigenvalue weighted by Gasteiger charge is -2.23. The number of carbonyl (C=O) groups excluding carboxylic acids is 1. The molecule has 2 atom stereocenters. The molecule has 1 saturated heterocycles.